The monoisotopic (exact) mass is 142 g/mol. The van der Waals surface area contributed by atoms with E-state index >= 15 is 0 Å². The first-order valence-corrected chi connectivity index (χ1v) is 4.34. The highest BCUT2D eigenvalue weighted by Crippen LogP contribution is 2.54. The predicted molar refractivity (Wildman–Crippen MR) is 42.8 cm³/mol. The fourth-order valence-corrected chi connectivity index (χ4v) is 1.60. The molecule has 1 rings (SSSR count). The lowest BCUT2D eigenvalue weighted by molar-refractivity contribution is 0.209. The maximum atomic E-state index is 8.94. The molecule has 2 unspecified atom stereocenters. The van der Waals surface area contributed by atoms with Crippen LogP contribution in [0.15, 0.2) is 0 Å². The Bertz CT molecular complexity index is 111. The number of aliphatic hydroxyl groups excluding tert-OH is 1. The van der Waals surface area contributed by atoms with Gasteiger partial charge in [-0.2, -0.15) is 0 Å². The van der Waals surface area contributed by atoms with Crippen LogP contribution in [0.5, 0.6) is 0 Å². The molecule has 10 heavy (non-hydrogen) atoms. The molecular formula is C9H18O. The summed E-state index contributed by atoms with van der Waals surface area (Å²) < 4.78 is 0. The molecule has 0 radical (unpaired) electrons. The standard InChI is InChI=1S/C9H18O/c1-3-4-5-8-6-9(8,2)7-10/h8,10H,3-7H2,1-2H3. The second-order valence-corrected chi connectivity index (χ2v) is 3.86. The molecule has 0 aromatic carbocycles. The molecule has 2 atom stereocenters. The van der Waals surface area contributed by atoms with Gasteiger partial charge in [0.1, 0.15) is 0 Å². The van der Waals surface area contributed by atoms with Gasteiger partial charge in [-0.25, -0.2) is 0 Å². The Balaban J connectivity index is 2.12. The summed E-state index contributed by atoms with van der Waals surface area (Å²) in [5.74, 6) is 0.831. The Hall–Kier alpha value is -0.0400. The Morgan fingerprint density at radius 2 is 2.30 bits per heavy atom. The highest BCUT2D eigenvalue weighted by atomic mass is 16.3. The van der Waals surface area contributed by atoms with Gasteiger partial charge in [-0.1, -0.05) is 26.7 Å². The fraction of sp³-hybridized carbons (Fsp3) is 1.00. The van der Waals surface area contributed by atoms with Crippen LogP contribution in [0, 0.1) is 11.3 Å². The first-order valence-electron chi connectivity index (χ1n) is 4.34. The van der Waals surface area contributed by atoms with Gasteiger partial charge in [0.2, 0.25) is 0 Å². The summed E-state index contributed by atoms with van der Waals surface area (Å²) in [6, 6.07) is 0. The Morgan fingerprint density at radius 1 is 1.60 bits per heavy atom. The van der Waals surface area contributed by atoms with Crippen LogP contribution in [0.2, 0.25) is 0 Å². The second-order valence-electron chi connectivity index (χ2n) is 3.86. The molecule has 0 spiro atoms. The first kappa shape index (κ1) is 8.06. The summed E-state index contributed by atoms with van der Waals surface area (Å²) in [4.78, 5) is 0. The van der Waals surface area contributed by atoms with E-state index in [0.29, 0.717) is 12.0 Å². The SMILES string of the molecule is CCCCC1CC1(C)CO. The van der Waals surface area contributed by atoms with Crippen molar-refractivity contribution in [2.45, 2.75) is 39.5 Å². The molecule has 0 aromatic rings. The zero-order valence-electron chi connectivity index (χ0n) is 7.06. The summed E-state index contributed by atoms with van der Waals surface area (Å²) in [6.07, 6.45) is 5.20. The van der Waals surface area contributed by atoms with E-state index in [9.17, 15) is 0 Å². The van der Waals surface area contributed by atoms with Crippen LogP contribution >= 0.6 is 0 Å². The molecule has 1 aliphatic rings. The highest BCUT2D eigenvalue weighted by Gasteiger charge is 2.48. The zero-order valence-corrected chi connectivity index (χ0v) is 7.06. The first-order chi connectivity index (χ1) is 4.73. The van der Waals surface area contributed by atoms with Crippen LogP contribution in [0.3, 0.4) is 0 Å². The average molecular weight is 142 g/mol. The maximum absolute atomic E-state index is 8.94. The summed E-state index contributed by atoms with van der Waals surface area (Å²) in [5.41, 5.74) is 0.315. The third-order valence-corrected chi connectivity index (χ3v) is 2.81. The van der Waals surface area contributed by atoms with E-state index in [1.165, 1.54) is 25.7 Å². The smallest absolute Gasteiger partial charge is 0.0487 e. The number of hydrogen-bond acceptors (Lipinski definition) is 1. The molecule has 1 saturated carbocycles. The van der Waals surface area contributed by atoms with E-state index in [0.717, 1.165) is 5.92 Å². The van der Waals surface area contributed by atoms with E-state index in [1.807, 2.05) is 0 Å². The van der Waals surface area contributed by atoms with Crippen molar-refractivity contribution in [2.75, 3.05) is 6.61 Å². The van der Waals surface area contributed by atoms with Gasteiger partial charge in [0.15, 0.2) is 0 Å². The van der Waals surface area contributed by atoms with Crippen molar-refractivity contribution >= 4 is 0 Å². The minimum Gasteiger partial charge on any atom is -0.396 e. The summed E-state index contributed by atoms with van der Waals surface area (Å²) >= 11 is 0. The minimum absolute atomic E-state index is 0.315. The molecular weight excluding hydrogens is 124 g/mol. The number of rotatable bonds is 4. The van der Waals surface area contributed by atoms with E-state index in [-0.39, 0.29) is 0 Å². The fourth-order valence-electron chi connectivity index (χ4n) is 1.60. The van der Waals surface area contributed by atoms with Gasteiger partial charge in [0.25, 0.3) is 0 Å². The molecule has 0 bridgehead atoms. The molecule has 0 aromatic heterocycles. The molecule has 1 heteroatoms. The quantitative estimate of drug-likeness (QED) is 0.638. The van der Waals surface area contributed by atoms with Crippen LogP contribution < -0.4 is 0 Å². The summed E-state index contributed by atoms with van der Waals surface area (Å²) in [5, 5.41) is 8.94. The molecule has 0 aliphatic heterocycles. The molecule has 60 valence electrons. The maximum Gasteiger partial charge on any atom is 0.0487 e. The lowest BCUT2D eigenvalue weighted by atomic mass is 10.0. The Morgan fingerprint density at radius 3 is 2.70 bits per heavy atom. The van der Waals surface area contributed by atoms with Gasteiger partial charge in [0.05, 0.1) is 0 Å². The number of hydrogen-bond donors (Lipinski definition) is 1. The lowest BCUT2D eigenvalue weighted by Crippen LogP contribution is -2.03. The van der Waals surface area contributed by atoms with Crippen molar-refractivity contribution in [1.82, 2.24) is 0 Å². The van der Waals surface area contributed by atoms with Crippen LogP contribution in [0.25, 0.3) is 0 Å². The van der Waals surface area contributed by atoms with E-state index in [2.05, 4.69) is 13.8 Å². The van der Waals surface area contributed by atoms with Crippen molar-refractivity contribution in [3.05, 3.63) is 0 Å². The van der Waals surface area contributed by atoms with Crippen molar-refractivity contribution in [2.24, 2.45) is 11.3 Å². The Labute approximate surface area is 63.4 Å². The summed E-state index contributed by atoms with van der Waals surface area (Å²) in [7, 11) is 0. The lowest BCUT2D eigenvalue weighted by Gasteiger charge is -2.04. The van der Waals surface area contributed by atoms with Crippen LogP contribution in [-0.4, -0.2) is 11.7 Å². The van der Waals surface area contributed by atoms with Crippen molar-refractivity contribution in [1.29, 1.82) is 0 Å². The molecule has 0 amide bonds. The molecule has 0 saturated heterocycles. The number of unbranched alkanes of at least 4 members (excludes halogenated alkanes) is 1. The van der Waals surface area contributed by atoms with Gasteiger partial charge in [-0.05, 0) is 24.2 Å². The van der Waals surface area contributed by atoms with Gasteiger partial charge in [-0.3, -0.25) is 0 Å². The molecule has 1 nitrogen and oxygen atoms in total. The third kappa shape index (κ3) is 1.51. The van der Waals surface area contributed by atoms with Crippen LogP contribution in [0.1, 0.15) is 39.5 Å². The highest BCUT2D eigenvalue weighted by molar-refractivity contribution is 4.97. The molecule has 1 N–H and O–H groups in total. The van der Waals surface area contributed by atoms with E-state index in [1.54, 1.807) is 0 Å². The molecule has 1 fully saturated rings. The van der Waals surface area contributed by atoms with Crippen molar-refractivity contribution in [3.63, 3.8) is 0 Å². The van der Waals surface area contributed by atoms with Crippen LogP contribution in [-0.2, 0) is 0 Å². The van der Waals surface area contributed by atoms with Gasteiger partial charge >= 0.3 is 0 Å². The van der Waals surface area contributed by atoms with Gasteiger partial charge in [0, 0.05) is 6.61 Å². The van der Waals surface area contributed by atoms with Gasteiger partial charge < -0.3 is 5.11 Å². The van der Waals surface area contributed by atoms with Gasteiger partial charge in [-0.15, -0.1) is 0 Å². The normalized spacial score (nSPS) is 38.1. The molecule has 0 heterocycles. The molecule has 1 aliphatic carbocycles. The predicted octanol–water partition coefficient (Wildman–Crippen LogP) is 2.20. The van der Waals surface area contributed by atoms with Crippen molar-refractivity contribution < 1.29 is 5.11 Å². The topological polar surface area (TPSA) is 20.2 Å². The zero-order chi connectivity index (χ0) is 7.61. The van der Waals surface area contributed by atoms with Crippen molar-refractivity contribution in [3.8, 4) is 0 Å². The Kier molecular flexibility index (Phi) is 2.35. The average Bonchev–Trinajstić information content (AvgIpc) is 2.59. The largest absolute Gasteiger partial charge is 0.396 e. The third-order valence-electron chi connectivity index (χ3n) is 2.81. The second kappa shape index (κ2) is 2.91. The number of aliphatic hydroxyl groups is 1. The van der Waals surface area contributed by atoms with E-state index < -0.39 is 0 Å². The summed E-state index contributed by atoms with van der Waals surface area (Å²) in [6.45, 7) is 4.80. The minimum atomic E-state index is 0.315. The van der Waals surface area contributed by atoms with E-state index in [4.69, 9.17) is 5.11 Å². The van der Waals surface area contributed by atoms with Crippen LogP contribution in [0.4, 0.5) is 0 Å².